The average Bonchev–Trinajstić information content (AvgIpc) is 2.53. The molecule has 0 unspecified atom stereocenters. The maximum absolute atomic E-state index is 9.81. The highest BCUT2D eigenvalue weighted by Gasteiger charge is 2.33. The first-order valence-electron chi connectivity index (χ1n) is 9.75. The average molecular weight is 345 g/mol. The van der Waals surface area contributed by atoms with Crippen molar-refractivity contribution in [2.24, 2.45) is 5.92 Å². The first kappa shape index (κ1) is 19.7. The van der Waals surface area contributed by atoms with Crippen LogP contribution in [0.25, 0.3) is 0 Å². The van der Waals surface area contributed by atoms with Gasteiger partial charge in [-0.05, 0) is 38.2 Å². The Morgan fingerprint density at radius 1 is 1.24 bits per heavy atom. The fourth-order valence-corrected chi connectivity index (χ4v) is 3.49. The monoisotopic (exact) mass is 344 g/mol. The fraction of sp³-hybridized carbons (Fsp3) is 0.714. The molecule has 25 heavy (non-hydrogen) atoms. The van der Waals surface area contributed by atoms with Gasteiger partial charge in [-0.15, -0.1) is 0 Å². The lowest BCUT2D eigenvalue weighted by molar-refractivity contribution is -0.376. The van der Waals surface area contributed by atoms with Crippen LogP contribution in [-0.2, 0) is 24.2 Å². The Kier molecular flexibility index (Phi) is 6.84. The molecule has 1 aliphatic heterocycles. The first-order chi connectivity index (χ1) is 11.9. The molecule has 0 aromatic carbocycles. The molecule has 1 aliphatic rings. The normalized spacial score (nSPS) is 15.7. The van der Waals surface area contributed by atoms with Crippen molar-refractivity contribution >= 4 is 5.82 Å². The molecule has 4 nitrogen and oxygen atoms in total. The number of anilines is 1. The van der Waals surface area contributed by atoms with Crippen LogP contribution >= 0.6 is 0 Å². The van der Waals surface area contributed by atoms with Crippen molar-refractivity contribution in [2.75, 3.05) is 11.9 Å². The summed E-state index contributed by atoms with van der Waals surface area (Å²) in [6.07, 6.45) is 6.64. The topological polar surface area (TPSA) is 59.2 Å². The highest BCUT2D eigenvalue weighted by Crippen LogP contribution is 2.33. The van der Waals surface area contributed by atoms with Gasteiger partial charge in [0.05, 0.1) is 18.8 Å². The number of H-pyrrole nitrogens is 1. The number of nitriles is 1. The second-order valence-electron chi connectivity index (χ2n) is 8.23. The number of fused-ring (bicyclic) bond motifs is 1. The number of ether oxygens (including phenoxy) is 1. The molecule has 1 aromatic rings. The summed E-state index contributed by atoms with van der Waals surface area (Å²) in [6, 6.07) is 2.44. The smallest absolute Gasteiger partial charge is 0.290 e. The summed E-state index contributed by atoms with van der Waals surface area (Å²) in [6.45, 7) is 12.4. The molecule has 0 saturated heterocycles. The van der Waals surface area contributed by atoms with Crippen LogP contribution in [0.4, 0.5) is 5.82 Å². The summed E-state index contributed by atoms with van der Waals surface area (Å²) in [5.41, 5.74) is 4.14. The van der Waals surface area contributed by atoms with E-state index in [1.165, 1.54) is 36.1 Å². The minimum absolute atomic E-state index is 0.215. The van der Waals surface area contributed by atoms with Crippen LogP contribution < -0.4 is 10.3 Å². The van der Waals surface area contributed by atoms with Crippen molar-refractivity contribution in [3.05, 3.63) is 22.4 Å². The summed E-state index contributed by atoms with van der Waals surface area (Å²) in [5.74, 6) is 1.45. The molecule has 0 bridgehead atoms. The lowest BCUT2D eigenvalue weighted by Crippen LogP contribution is -2.36. The van der Waals surface area contributed by atoms with Gasteiger partial charge in [0.1, 0.15) is 17.3 Å². The van der Waals surface area contributed by atoms with E-state index >= 15 is 0 Å². The molecule has 4 heteroatoms. The molecule has 0 amide bonds. The van der Waals surface area contributed by atoms with Gasteiger partial charge in [-0.2, -0.15) is 5.26 Å². The molecule has 138 valence electrons. The van der Waals surface area contributed by atoms with E-state index in [4.69, 9.17) is 4.74 Å². The van der Waals surface area contributed by atoms with Crippen LogP contribution in [-0.4, -0.2) is 12.1 Å². The van der Waals surface area contributed by atoms with Gasteiger partial charge in [0.2, 0.25) is 0 Å². The highest BCUT2D eigenvalue weighted by molar-refractivity contribution is 5.56. The number of aromatic nitrogens is 1. The number of unbranched alkanes of at least 4 members (excludes halogenated alkanes) is 3. The van der Waals surface area contributed by atoms with Crippen molar-refractivity contribution in [3.8, 4) is 6.07 Å². The third kappa shape index (κ3) is 5.19. The Morgan fingerprint density at radius 2 is 2.00 bits per heavy atom. The predicted molar refractivity (Wildman–Crippen MR) is 101 cm³/mol. The van der Waals surface area contributed by atoms with Gasteiger partial charge in [0, 0.05) is 18.4 Å². The van der Waals surface area contributed by atoms with E-state index in [-0.39, 0.29) is 5.60 Å². The Hall–Kier alpha value is -1.60. The first-order valence-corrected chi connectivity index (χ1v) is 9.75. The number of hydrogen-bond acceptors (Lipinski definition) is 3. The molecule has 0 spiro atoms. The molecule has 2 rings (SSSR count). The van der Waals surface area contributed by atoms with E-state index in [0.717, 1.165) is 37.2 Å². The molecule has 0 fully saturated rings. The lowest BCUT2D eigenvalue weighted by atomic mass is 9.87. The number of aromatic amines is 1. The lowest BCUT2D eigenvalue weighted by Gasteiger charge is -2.33. The third-order valence-electron chi connectivity index (χ3n) is 4.82. The Bertz CT molecular complexity index is 629. The number of rotatable bonds is 8. The van der Waals surface area contributed by atoms with Gasteiger partial charge < -0.3 is 4.74 Å². The maximum atomic E-state index is 9.81. The van der Waals surface area contributed by atoms with Crippen molar-refractivity contribution in [2.45, 2.75) is 85.4 Å². The van der Waals surface area contributed by atoms with E-state index in [1.807, 2.05) is 0 Å². The summed E-state index contributed by atoms with van der Waals surface area (Å²) in [5, 5.41) is 13.3. The molecule has 0 radical (unpaired) electrons. The van der Waals surface area contributed by atoms with Gasteiger partial charge in [-0.1, -0.05) is 33.6 Å². The van der Waals surface area contributed by atoms with Gasteiger partial charge in [-0.25, -0.2) is 4.98 Å². The van der Waals surface area contributed by atoms with E-state index < -0.39 is 0 Å². The zero-order valence-electron chi connectivity index (χ0n) is 16.6. The SMILES string of the molecule is CCCCCCNc1[nH+]c(CC(C)C)c2c(c1C#N)CC(C)(C)OC2. The predicted octanol–water partition coefficient (Wildman–Crippen LogP) is 4.41. The van der Waals surface area contributed by atoms with Crippen LogP contribution in [0.15, 0.2) is 0 Å². The number of nitrogens with zero attached hydrogens (tertiary/aromatic N) is 1. The maximum Gasteiger partial charge on any atom is 0.290 e. The molecule has 1 aromatic heterocycles. The van der Waals surface area contributed by atoms with E-state index in [0.29, 0.717) is 12.5 Å². The molecular formula is C21H34N3O+. The quantitative estimate of drug-likeness (QED) is 0.710. The van der Waals surface area contributed by atoms with Crippen molar-refractivity contribution in [3.63, 3.8) is 0 Å². The molecular weight excluding hydrogens is 310 g/mol. The third-order valence-corrected chi connectivity index (χ3v) is 4.82. The van der Waals surface area contributed by atoms with Crippen LogP contribution in [0.5, 0.6) is 0 Å². The Morgan fingerprint density at radius 3 is 2.64 bits per heavy atom. The standard InChI is InChI=1S/C21H33N3O/c1-6-7-8-9-10-23-20-17(13-22)16-12-21(4,5)25-14-18(16)19(24-20)11-15(2)3/h15H,6-12,14H2,1-5H3,(H,23,24)/p+1. The minimum Gasteiger partial charge on any atom is -0.370 e. The summed E-state index contributed by atoms with van der Waals surface area (Å²) < 4.78 is 6.03. The summed E-state index contributed by atoms with van der Waals surface area (Å²) in [4.78, 5) is 3.53. The fourth-order valence-electron chi connectivity index (χ4n) is 3.49. The van der Waals surface area contributed by atoms with Gasteiger partial charge in [0.25, 0.3) is 5.82 Å². The van der Waals surface area contributed by atoms with Crippen LogP contribution in [0.3, 0.4) is 0 Å². The molecule has 2 N–H and O–H groups in total. The largest absolute Gasteiger partial charge is 0.370 e. The van der Waals surface area contributed by atoms with Crippen molar-refractivity contribution < 1.29 is 9.72 Å². The van der Waals surface area contributed by atoms with Gasteiger partial charge >= 0.3 is 0 Å². The second kappa shape index (κ2) is 8.67. The zero-order valence-corrected chi connectivity index (χ0v) is 16.6. The van der Waals surface area contributed by atoms with Crippen molar-refractivity contribution in [1.29, 1.82) is 5.26 Å². The molecule has 2 heterocycles. The second-order valence-corrected chi connectivity index (χ2v) is 8.23. The molecule has 0 aliphatic carbocycles. The van der Waals surface area contributed by atoms with Gasteiger partial charge in [-0.3, -0.25) is 5.32 Å². The van der Waals surface area contributed by atoms with E-state index in [2.05, 4.69) is 51.0 Å². The Labute approximate surface area is 153 Å². The number of hydrogen-bond donors (Lipinski definition) is 1. The number of nitrogens with one attached hydrogen (secondary N) is 2. The minimum atomic E-state index is -0.215. The van der Waals surface area contributed by atoms with Crippen molar-refractivity contribution in [1.82, 2.24) is 0 Å². The van der Waals surface area contributed by atoms with E-state index in [1.54, 1.807) is 0 Å². The summed E-state index contributed by atoms with van der Waals surface area (Å²) in [7, 11) is 0. The van der Waals surface area contributed by atoms with Crippen LogP contribution in [0.2, 0.25) is 0 Å². The molecule has 0 atom stereocenters. The molecule has 0 saturated carbocycles. The summed E-state index contributed by atoms with van der Waals surface area (Å²) >= 11 is 0. The van der Waals surface area contributed by atoms with Crippen LogP contribution in [0.1, 0.15) is 82.7 Å². The van der Waals surface area contributed by atoms with E-state index in [9.17, 15) is 5.26 Å². The Balaban J connectivity index is 2.33. The number of pyridine rings is 1. The van der Waals surface area contributed by atoms with Crippen LogP contribution in [0, 0.1) is 17.2 Å². The highest BCUT2D eigenvalue weighted by atomic mass is 16.5. The van der Waals surface area contributed by atoms with Gasteiger partial charge in [0.15, 0.2) is 0 Å². The zero-order chi connectivity index (χ0) is 18.4.